The van der Waals surface area contributed by atoms with Gasteiger partial charge in [-0.05, 0) is 25.0 Å². The summed E-state index contributed by atoms with van der Waals surface area (Å²) in [6, 6.07) is 8.68. The highest BCUT2D eigenvalue weighted by atomic mass is 16.5. The number of hydrogen-bond donors (Lipinski definition) is 2. The number of methoxy groups -OCH3 is 1. The van der Waals surface area contributed by atoms with Gasteiger partial charge in [0.1, 0.15) is 11.9 Å². The number of imide groups is 1. The molecule has 2 aliphatic rings. The first kappa shape index (κ1) is 19.9. The van der Waals surface area contributed by atoms with Gasteiger partial charge in [0, 0.05) is 33.9 Å². The Bertz CT molecular complexity index is 712. The van der Waals surface area contributed by atoms with Crippen molar-refractivity contribution < 1.29 is 19.1 Å². The molecule has 0 radical (unpaired) electrons. The summed E-state index contributed by atoms with van der Waals surface area (Å²) in [7, 11) is 3.32. The molecule has 2 N–H and O–H groups in total. The minimum atomic E-state index is -0.513. The lowest BCUT2D eigenvalue weighted by atomic mass is 10.1. The van der Waals surface area contributed by atoms with E-state index < -0.39 is 18.2 Å². The average Bonchev–Trinajstić information content (AvgIpc) is 3.07. The number of guanidine groups is 1. The maximum atomic E-state index is 12.5. The molecule has 28 heavy (non-hydrogen) atoms. The van der Waals surface area contributed by atoms with Crippen LogP contribution in [0.25, 0.3) is 0 Å². The Balaban J connectivity index is 1.64. The molecule has 0 spiro atoms. The van der Waals surface area contributed by atoms with Crippen LogP contribution in [-0.4, -0.2) is 80.4 Å². The van der Waals surface area contributed by atoms with E-state index in [1.807, 2.05) is 35.2 Å². The second-order valence-corrected chi connectivity index (χ2v) is 6.70. The summed E-state index contributed by atoms with van der Waals surface area (Å²) in [6.45, 7) is 2.30. The zero-order valence-corrected chi connectivity index (χ0v) is 16.3. The van der Waals surface area contributed by atoms with Crippen molar-refractivity contribution in [2.24, 2.45) is 4.99 Å². The van der Waals surface area contributed by atoms with E-state index >= 15 is 0 Å². The lowest BCUT2D eigenvalue weighted by molar-refractivity contribution is -0.127. The molecular weight excluding hydrogens is 362 g/mol. The number of likely N-dealkylation sites (N-methyl/N-ethyl adjacent to an activating group) is 1. The van der Waals surface area contributed by atoms with Gasteiger partial charge in [-0.1, -0.05) is 18.2 Å². The molecule has 2 saturated heterocycles. The van der Waals surface area contributed by atoms with E-state index in [2.05, 4.69) is 15.6 Å². The molecule has 3 amide bonds. The number of urea groups is 1. The number of hydrogen-bond acceptors (Lipinski definition) is 5. The van der Waals surface area contributed by atoms with E-state index in [0.29, 0.717) is 38.7 Å². The van der Waals surface area contributed by atoms with Crippen LogP contribution in [0.15, 0.2) is 35.3 Å². The quantitative estimate of drug-likeness (QED) is 0.602. The zero-order chi connectivity index (χ0) is 19.9. The van der Waals surface area contributed by atoms with Gasteiger partial charge in [-0.25, -0.2) is 4.79 Å². The fourth-order valence-corrected chi connectivity index (χ4v) is 3.30. The van der Waals surface area contributed by atoms with Crippen molar-refractivity contribution in [2.45, 2.75) is 25.0 Å². The van der Waals surface area contributed by atoms with Crippen molar-refractivity contribution in [3.63, 3.8) is 0 Å². The zero-order valence-electron chi connectivity index (χ0n) is 16.3. The predicted octanol–water partition coefficient (Wildman–Crippen LogP) is 0.630. The molecule has 2 unspecified atom stereocenters. The monoisotopic (exact) mass is 389 g/mol. The SMILES string of the molecule is COCCCN=C1NC2C(C(=O)NC(=O)N2C)N1CCCOc1ccccc1. The molecule has 0 aromatic heterocycles. The maximum absolute atomic E-state index is 12.5. The third-order valence-electron chi connectivity index (χ3n) is 4.74. The fourth-order valence-electron chi connectivity index (χ4n) is 3.30. The van der Waals surface area contributed by atoms with E-state index in [1.54, 1.807) is 14.2 Å². The first-order chi connectivity index (χ1) is 13.6. The highest BCUT2D eigenvalue weighted by Crippen LogP contribution is 2.21. The first-order valence-corrected chi connectivity index (χ1v) is 9.44. The van der Waals surface area contributed by atoms with Gasteiger partial charge in [-0.15, -0.1) is 0 Å². The number of ether oxygens (including phenoxy) is 2. The van der Waals surface area contributed by atoms with Crippen molar-refractivity contribution >= 4 is 17.9 Å². The Labute approximate surface area is 164 Å². The van der Waals surface area contributed by atoms with Crippen LogP contribution in [0, 0.1) is 0 Å². The number of carbonyl (C=O) groups is 2. The molecule has 0 bridgehead atoms. The highest BCUT2D eigenvalue weighted by Gasteiger charge is 2.49. The number of benzene rings is 1. The van der Waals surface area contributed by atoms with Crippen molar-refractivity contribution in [3.8, 4) is 5.75 Å². The second-order valence-electron chi connectivity index (χ2n) is 6.70. The molecule has 1 aromatic rings. The number of rotatable bonds is 9. The summed E-state index contributed by atoms with van der Waals surface area (Å²) in [5.74, 6) is 1.13. The number of nitrogens with one attached hydrogen (secondary N) is 2. The highest BCUT2D eigenvalue weighted by molar-refractivity contribution is 6.04. The van der Waals surface area contributed by atoms with Crippen molar-refractivity contribution in [1.29, 1.82) is 0 Å². The van der Waals surface area contributed by atoms with E-state index in [4.69, 9.17) is 9.47 Å². The molecule has 0 aliphatic carbocycles. The molecule has 2 aliphatic heterocycles. The van der Waals surface area contributed by atoms with E-state index in [0.717, 1.165) is 12.2 Å². The number of para-hydroxylation sites is 1. The third-order valence-corrected chi connectivity index (χ3v) is 4.74. The summed E-state index contributed by atoms with van der Waals surface area (Å²) >= 11 is 0. The molecule has 2 atom stereocenters. The van der Waals surface area contributed by atoms with Crippen molar-refractivity contribution in [2.75, 3.05) is 40.5 Å². The number of amides is 3. The van der Waals surface area contributed by atoms with Crippen LogP contribution in [0.4, 0.5) is 4.79 Å². The number of carbonyl (C=O) groups excluding carboxylic acids is 2. The molecule has 1 aromatic carbocycles. The van der Waals surface area contributed by atoms with E-state index in [-0.39, 0.29) is 5.91 Å². The molecular formula is C19H27N5O4. The standard InChI is InChI=1S/C19H27N5O4/c1-23-16-15(17(25)22-19(23)26)24(18(21-16)20-10-6-12-27-2)11-7-13-28-14-8-4-3-5-9-14/h3-5,8-9,15-16H,6-7,10-13H2,1-2H3,(H,20,21)(H,22,25,26). The van der Waals surface area contributed by atoms with Crippen molar-refractivity contribution in [3.05, 3.63) is 30.3 Å². The molecule has 9 heteroatoms. The van der Waals surface area contributed by atoms with Gasteiger partial charge >= 0.3 is 6.03 Å². The van der Waals surface area contributed by atoms with E-state index in [9.17, 15) is 9.59 Å². The van der Waals surface area contributed by atoms with Gasteiger partial charge in [0.25, 0.3) is 5.91 Å². The molecule has 9 nitrogen and oxygen atoms in total. The topological polar surface area (TPSA) is 95.5 Å². The lowest BCUT2D eigenvalue weighted by Crippen LogP contribution is -2.64. The largest absolute Gasteiger partial charge is 0.494 e. The average molecular weight is 389 g/mol. The van der Waals surface area contributed by atoms with Gasteiger partial charge in [0.15, 0.2) is 12.0 Å². The van der Waals surface area contributed by atoms with Crippen LogP contribution < -0.4 is 15.4 Å². The Morgan fingerprint density at radius 2 is 1.93 bits per heavy atom. The number of aliphatic imine (C=N–C) groups is 1. The summed E-state index contributed by atoms with van der Waals surface area (Å²) in [5, 5.41) is 5.63. The Morgan fingerprint density at radius 1 is 1.14 bits per heavy atom. The maximum Gasteiger partial charge on any atom is 0.325 e. The molecule has 2 fully saturated rings. The molecule has 152 valence electrons. The summed E-state index contributed by atoms with van der Waals surface area (Å²) in [6.07, 6.45) is 1.06. The normalized spacial score (nSPS) is 22.9. The second kappa shape index (κ2) is 9.41. The Kier molecular flexibility index (Phi) is 6.70. The number of nitrogens with zero attached hydrogens (tertiary/aromatic N) is 3. The van der Waals surface area contributed by atoms with Crippen LogP contribution in [-0.2, 0) is 9.53 Å². The molecule has 3 rings (SSSR count). The van der Waals surface area contributed by atoms with Gasteiger partial charge in [0.05, 0.1) is 6.61 Å². The van der Waals surface area contributed by atoms with Crippen LogP contribution >= 0.6 is 0 Å². The Hall–Kier alpha value is -2.81. The van der Waals surface area contributed by atoms with Crippen LogP contribution in [0.1, 0.15) is 12.8 Å². The van der Waals surface area contributed by atoms with Gasteiger partial charge in [-0.2, -0.15) is 0 Å². The van der Waals surface area contributed by atoms with E-state index in [1.165, 1.54) is 4.90 Å². The van der Waals surface area contributed by atoms with Crippen molar-refractivity contribution in [1.82, 2.24) is 20.4 Å². The third kappa shape index (κ3) is 4.53. The summed E-state index contributed by atoms with van der Waals surface area (Å²) < 4.78 is 10.8. The van der Waals surface area contributed by atoms with Gasteiger partial charge < -0.3 is 24.6 Å². The van der Waals surface area contributed by atoms with Crippen LogP contribution in [0.5, 0.6) is 5.75 Å². The van der Waals surface area contributed by atoms with Gasteiger partial charge in [-0.3, -0.25) is 15.1 Å². The Morgan fingerprint density at radius 3 is 2.68 bits per heavy atom. The minimum absolute atomic E-state index is 0.313. The molecule has 2 heterocycles. The summed E-state index contributed by atoms with van der Waals surface area (Å²) in [5.41, 5.74) is 0. The smallest absolute Gasteiger partial charge is 0.325 e. The van der Waals surface area contributed by atoms with Crippen LogP contribution in [0.3, 0.4) is 0 Å². The van der Waals surface area contributed by atoms with Crippen LogP contribution in [0.2, 0.25) is 0 Å². The lowest BCUT2D eigenvalue weighted by Gasteiger charge is -2.35. The summed E-state index contributed by atoms with van der Waals surface area (Å²) in [4.78, 5) is 32.4. The molecule has 0 saturated carbocycles. The first-order valence-electron chi connectivity index (χ1n) is 9.44. The fraction of sp³-hybridized carbons (Fsp3) is 0.526. The number of fused-ring (bicyclic) bond motifs is 1. The minimum Gasteiger partial charge on any atom is -0.494 e. The predicted molar refractivity (Wildman–Crippen MR) is 104 cm³/mol. The van der Waals surface area contributed by atoms with Gasteiger partial charge in [0.2, 0.25) is 0 Å².